The van der Waals surface area contributed by atoms with Gasteiger partial charge in [0.25, 0.3) is 22.2 Å². The molecule has 0 aromatic carbocycles. The molecule has 0 bridgehead atoms. The lowest BCUT2D eigenvalue weighted by Crippen LogP contribution is -2.40. The molecule has 12 rings (SSSR count). The summed E-state index contributed by atoms with van der Waals surface area (Å²) >= 11 is 0. The maximum atomic E-state index is 13.3. The summed E-state index contributed by atoms with van der Waals surface area (Å²) in [7, 11) is 0. The number of nitrogen functional groups attached to an aromatic ring is 1. The van der Waals surface area contributed by atoms with E-state index in [-0.39, 0.29) is 23.2 Å². The zero-order valence-corrected chi connectivity index (χ0v) is 73.4. The van der Waals surface area contributed by atoms with Crippen molar-refractivity contribution in [2.24, 2.45) is 17.8 Å². The molecule has 4 aliphatic heterocycles. The Morgan fingerprint density at radius 3 is 1.06 bits per heavy atom. The molecule has 45 nitrogen and oxygen atoms in total. The van der Waals surface area contributed by atoms with E-state index in [2.05, 4.69) is 55.8 Å². The molecular weight excluding hydrogens is 1960 g/mol. The normalized spacial score (nSPS) is 21.5. The third kappa shape index (κ3) is 28.6. The second-order valence-electron chi connectivity index (χ2n) is 31.6. The Morgan fingerprint density at radius 1 is 0.403 bits per heavy atom. The number of aromatic nitrogens is 16. The van der Waals surface area contributed by atoms with E-state index in [1.54, 1.807) is 0 Å². The molecule has 774 valence electrons. The third-order valence-electron chi connectivity index (χ3n) is 20.4. The minimum absolute atomic E-state index is 0.0475. The van der Waals surface area contributed by atoms with Gasteiger partial charge in [-0.2, -0.15) is 112 Å². The highest BCUT2D eigenvalue weighted by atomic mass is 19.4. The van der Waals surface area contributed by atoms with Crippen LogP contribution in [0.4, 0.5) is 116 Å². The van der Waals surface area contributed by atoms with Crippen LogP contribution in [0.2, 0.25) is 0 Å². The number of anilines is 4. The van der Waals surface area contributed by atoms with Gasteiger partial charge < -0.3 is 53.8 Å². The number of hydrogen-bond acceptors (Lipinski definition) is 30. The largest absolute Gasteiger partial charge is 0.458 e. The lowest BCUT2D eigenvalue weighted by molar-refractivity contribution is -0.237. The van der Waals surface area contributed by atoms with Gasteiger partial charge in [-0.15, -0.1) is 0 Å². The summed E-state index contributed by atoms with van der Waals surface area (Å²) < 4.78 is 315. The van der Waals surface area contributed by atoms with E-state index in [1.807, 2.05) is 18.8 Å². The molecule has 12 N–H and O–H groups in total. The lowest BCUT2D eigenvalue weighted by Gasteiger charge is -2.22. The number of esters is 4. The zero-order chi connectivity index (χ0) is 105. The van der Waals surface area contributed by atoms with Crippen molar-refractivity contribution in [3.63, 3.8) is 0 Å². The molecule has 8 aromatic heterocycles. The van der Waals surface area contributed by atoms with E-state index >= 15 is 0 Å². The molecule has 3 amide bonds. The Labute approximate surface area is 758 Å². The standard InChI is InChI=1S/2C19H21F6N5O6.C14H15F6N5O5.C11H18O5.C10H10F3N5O3/c2*1-7(19(23,24)25)10-6-11(35-9(3)32)15(36-10)30-13-12(14(33)28-16(27-13)26-8(2)31)29(17(30)34)5-4-18(20,21)22;15-13(16,17)1-2-24-6-8(22-11(21)23-9(6)28)25(12(24)29)10-4(26)3-5(30-10)7(27)14(18,19)20;1-6(2)9-5-10(14-7(3)12)11(16-9)15-8(4)13;1-4(19)14-8-15-6-5(7(20)17-8)18(9(21)16-6)3-2-10(11,12)13/h2*7,10-11,15H,4-6H2,1-3H3,(H2,26,27,28,31,33);4-5,7,10,26-27H,1-3H2,(H3,21,22,23,28);6,9-11H,5H2,1-4H3;2-3H2,1H3,(H3,14,15,16,17,19,20,21)/t7-,10+,11-,15-;7-,10-,11+,15+;4-,5+,7-,10-;9-,10+,11+;/m1010./s1. The second kappa shape index (κ2) is 43.2. The number of H-pyrrole nitrogens is 5. The number of nitrogens with two attached hydrogens (primary N) is 1. The first-order chi connectivity index (χ1) is 63.8. The van der Waals surface area contributed by atoms with Crippen molar-refractivity contribution in [2.45, 2.75) is 277 Å². The van der Waals surface area contributed by atoms with Crippen LogP contribution < -0.4 is 66.7 Å². The van der Waals surface area contributed by atoms with Gasteiger partial charge in [0.1, 0.15) is 18.3 Å². The highest BCUT2D eigenvalue weighted by Gasteiger charge is 2.55. The van der Waals surface area contributed by atoms with Crippen molar-refractivity contribution in [1.29, 1.82) is 0 Å². The summed E-state index contributed by atoms with van der Waals surface area (Å²) in [6.45, 7) is 9.74. The second-order valence-corrected chi connectivity index (χ2v) is 31.6. The number of nitrogens with zero attached hydrogens (tertiary/aromatic N) is 11. The first-order valence-electron chi connectivity index (χ1n) is 40.5. The molecular formula is C73H85F21N20O25. The van der Waals surface area contributed by atoms with Crippen LogP contribution >= 0.6 is 0 Å². The van der Waals surface area contributed by atoms with Gasteiger partial charge >= 0.3 is 89.9 Å². The molecule has 4 aliphatic rings. The predicted molar refractivity (Wildman–Crippen MR) is 425 cm³/mol. The van der Waals surface area contributed by atoms with E-state index in [9.17, 15) is 174 Å². The third-order valence-corrected chi connectivity index (χ3v) is 20.4. The number of halogens is 21. The number of carbonyl (C=O) groups is 7. The summed E-state index contributed by atoms with van der Waals surface area (Å²) in [6, 6.07) is 0. The Hall–Kier alpha value is -13.0. The van der Waals surface area contributed by atoms with Gasteiger partial charge in [0.15, 0.2) is 75.5 Å². The molecule has 0 saturated carbocycles. The van der Waals surface area contributed by atoms with Crippen LogP contribution in [0.25, 0.3) is 44.7 Å². The number of hydrogen-bond donors (Lipinski definition) is 11. The summed E-state index contributed by atoms with van der Waals surface area (Å²) in [4.78, 5) is 205. The molecule has 66 heteroatoms. The quantitative estimate of drug-likeness (QED) is 0.0210. The number of imidazole rings is 4. The van der Waals surface area contributed by atoms with Crippen LogP contribution in [0.15, 0.2) is 38.4 Å². The fraction of sp³-hybridized carbons (Fsp3) is 0.630. The van der Waals surface area contributed by atoms with Gasteiger partial charge in [0.05, 0.1) is 61.9 Å². The Morgan fingerprint density at radius 2 is 0.719 bits per heavy atom. The van der Waals surface area contributed by atoms with Crippen molar-refractivity contribution in [3.8, 4) is 0 Å². The number of alkyl halides is 21. The van der Waals surface area contributed by atoms with Crippen LogP contribution in [-0.2, 0) is 97.6 Å². The van der Waals surface area contributed by atoms with Crippen molar-refractivity contribution >= 4 is 110 Å². The van der Waals surface area contributed by atoms with Gasteiger partial charge in [0, 0.05) is 100 Å². The number of aryl methyl sites for hydroxylation is 4. The van der Waals surface area contributed by atoms with Crippen molar-refractivity contribution in [2.75, 3.05) is 21.7 Å². The molecule has 0 unspecified atom stereocenters. The number of aliphatic hydroxyl groups is 2. The van der Waals surface area contributed by atoms with Crippen molar-refractivity contribution in [3.05, 3.63) is 83.4 Å². The van der Waals surface area contributed by atoms with Gasteiger partial charge in [0.2, 0.25) is 47.8 Å². The highest BCUT2D eigenvalue weighted by molar-refractivity contribution is 5.89. The van der Waals surface area contributed by atoms with E-state index in [0.29, 0.717) is 44.3 Å². The molecule has 8 aromatic rings. The minimum Gasteiger partial charge on any atom is -0.458 e. The molecule has 0 aliphatic carbocycles. The Bertz CT molecular complexity index is 6150. The number of rotatable bonds is 22. The smallest absolute Gasteiger partial charge is 0.416 e. The van der Waals surface area contributed by atoms with Crippen LogP contribution in [0.3, 0.4) is 0 Å². The number of aliphatic hydroxyl groups excluding tert-OH is 2. The fourth-order valence-electron chi connectivity index (χ4n) is 14.3. The van der Waals surface area contributed by atoms with Crippen LogP contribution in [0.1, 0.15) is 146 Å². The number of aromatic amines is 5. The van der Waals surface area contributed by atoms with Gasteiger partial charge in [-0.25, -0.2) is 32.9 Å². The maximum Gasteiger partial charge on any atom is 0.416 e. The predicted octanol–water partition coefficient (Wildman–Crippen LogP) is 6.00. The van der Waals surface area contributed by atoms with E-state index in [0.717, 1.165) is 41.5 Å². The first kappa shape index (κ1) is 111. The first-order valence-corrected chi connectivity index (χ1v) is 40.5. The summed E-state index contributed by atoms with van der Waals surface area (Å²) in [6.07, 6.45) is -59.7. The topological polar surface area (TPSA) is 597 Å². The number of amides is 3. The van der Waals surface area contributed by atoms with Crippen molar-refractivity contribution < 1.29 is 174 Å². The van der Waals surface area contributed by atoms with Gasteiger partial charge in [-0.1, -0.05) is 27.7 Å². The fourth-order valence-corrected chi connectivity index (χ4v) is 14.3. The average Bonchev–Trinajstić information content (AvgIpc) is 1.61. The van der Waals surface area contributed by atoms with Gasteiger partial charge in [-0.05, 0) is 5.92 Å². The molecule has 4 saturated heterocycles. The number of fused-ring (bicyclic) bond motifs is 4. The average molecular weight is 2040 g/mol. The maximum absolute atomic E-state index is 13.3. The van der Waals surface area contributed by atoms with E-state index < -0.39 is 338 Å². The zero-order valence-electron chi connectivity index (χ0n) is 73.4. The number of nitrogens with one attached hydrogen (secondary N) is 8. The molecule has 0 spiro atoms. The van der Waals surface area contributed by atoms with E-state index in [4.69, 9.17) is 43.6 Å². The van der Waals surface area contributed by atoms with Crippen LogP contribution in [0, 0.1) is 17.8 Å². The minimum atomic E-state index is -5.09. The number of ether oxygens (including phenoxy) is 8. The SMILES string of the molecule is CC(=O)Nc1nc2[nH]c(=O)n(CCC(F)(F)F)c2c(=O)[nH]1.CC(=O)Nc1nc2c(c(=O)[nH]1)n(CCC(F)(F)F)c(=O)n2[C@@H]1O[C@H]([C@@H](C)C(F)(F)F)C[C@H]1OC(C)=O.CC(=O)Nc1nc2c(c(=O)[nH]1)n(CCC(F)(F)F)c(=O)n2[C@@H]1O[C@H]([C@H](C)C(F)(F)F)C[C@H]1OC(C)=O.CC(=O)O[C@@H]1O[C@H](C(C)C)C[C@H]1OC(C)=O.Nc1nc2c(c(=O)[nH]1)n(CCC(F)(F)F)c(=O)n2[C@@H]1O[C@H]([C@@H](O)C(F)(F)F)C[C@H]1O. The number of carbonyl (C=O) groups excluding carboxylic acids is 7. The molecule has 15 atom stereocenters. The summed E-state index contributed by atoms with van der Waals surface area (Å²) in [5.74, 6) is -10.1. The summed E-state index contributed by atoms with van der Waals surface area (Å²) in [5, 5.41) is 26.0. The molecule has 0 radical (unpaired) electrons. The molecule has 139 heavy (non-hydrogen) atoms. The Balaban J connectivity index is 0.000000219. The van der Waals surface area contributed by atoms with Gasteiger partial charge in [-0.3, -0.25) is 112 Å². The van der Waals surface area contributed by atoms with Crippen LogP contribution in [0.5, 0.6) is 0 Å². The van der Waals surface area contributed by atoms with Crippen LogP contribution in [-0.4, -0.2) is 233 Å². The molecule has 12 heterocycles. The summed E-state index contributed by atoms with van der Waals surface area (Å²) in [5.41, 5.74) is -7.61. The highest BCUT2D eigenvalue weighted by Crippen LogP contribution is 2.44. The molecule has 4 fully saturated rings. The monoisotopic (exact) mass is 2040 g/mol. The Kier molecular flexibility index (Phi) is 34.6. The van der Waals surface area contributed by atoms with E-state index in [1.165, 1.54) is 20.8 Å². The van der Waals surface area contributed by atoms with Crippen molar-refractivity contribution in [1.82, 2.24) is 76.8 Å². The lowest BCUT2D eigenvalue weighted by atomic mass is 10.0.